The SMILES string of the molecule is CCNc1cc(N(CC)C(C)CC)nc(COCC)n1. The topological polar surface area (TPSA) is 50.3 Å². The number of hydrogen-bond acceptors (Lipinski definition) is 5. The van der Waals surface area contributed by atoms with Crippen LogP contribution in [0.25, 0.3) is 0 Å². The largest absolute Gasteiger partial charge is 0.374 e. The lowest BCUT2D eigenvalue weighted by atomic mass is 10.2. The van der Waals surface area contributed by atoms with Crippen LogP contribution in [-0.2, 0) is 11.3 Å². The van der Waals surface area contributed by atoms with Gasteiger partial charge in [-0.3, -0.25) is 0 Å². The molecule has 0 aliphatic carbocycles. The molecule has 0 radical (unpaired) electrons. The summed E-state index contributed by atoms with van der Waals surface area (Å²) in [6.45, 7) is 13.5. The molecule has 0 spiro atoms. The fourth-order valence-electron chi connectivity index (χ4n) is 2.08. The Bertz CT molecular complexity index is 397. The number of ether oxygens (including phenoxy) is 1. The number of aromatic nitrogens is 2. The van der Waals surface area contributed by atoms with E-state index in [1.165, 1.54) is 0 Å². The van der Waals surface area contributed by atoms with Crippen molar-refractivity contribution >= 4 is 11.6 Å². The van der Waals surface area contributed by atoms with Crippen molar-refractivity contribution in [2.75, 3.05) is 29.9 Å². The molecule has 114 valence electrons. The lowest BCUT2D eigenvalue weighted by Gasteiger charge is -2.29. The molecule has 20 heavy (non-hydrogen) atoms. The lowest BCUT2D eigenvalue weighted by Crippen LogP contribution is -2.33. The van der Waals surface area contributed by atoms with Gasteiger partial charge in [-0.2, -0.15) is 0 Å². The molecule has 0 saturated carbocycles. The molecule has 0 saturated heterocycles. The van der Waals surface area contributed by atoms with Crippen molar-refractivity contribution in [2.45, 2.75) is 53.7 Å². The van der Waals surface area contributed by atoms with Crippen LogP contribution in [0.5, 0.6) is 0 Å². The highest BCUT2D eigenvalue weighted by Crippen LogP contribution is 2.19. The smallest absolute Gasteiger partial charge is 0.158 e. The van der Waals surface area contributed by atoms with Crippen LogP contribution in [0.4, 0.5) is 11.6 Å². The van der Waals surface area contributed by atoms with Gasteiger partial charge < -0.3 is 15.0 Å². The fourth-order valence-corrected chi connectivity index (χ4v) is 2.08. The van der Waals surface area contributed by atoms with Gasteiger partial charge in [0.05, 0.1) is 0 Å². The molecule has 1 atom stereocenters. The van der Waals surface area contributed by atoms with Crippen molar-refractivity contribution in [3.8, 4) is 0 Å². The van der Waals surface area contributed by atoms with Crippen LogP contribution in [-0.4, -0.2) is 35.7 Å². The van der Waals surface area contributed by atoms with E-state index in [1.54, 1.807) is 0 Å². The van der Waals surface area contributed by atoms with Gasteiger partial charge in [0.1, 0.15) is 18.2 Å². The Hall–Kier alpha value is -1.36. The highest BCUT2D eigenvalue weighted by atomic mass is 16.5. The van der Waals surface area contributed by atoms with Crippen molar-refractivity contribution in [1.82, 2.24) is 9.97 Å². The minimum Gasteiger partial charge on any atom is -0.374 e. The molecule has 0 fully saturated rings. The standard InChI is InChI=1S/C15H28N4O/c1-6-12(5)19(8-3)15-10-13(16-7-2)17-14(18-15)11-20-9-4/h10,12H,6-9,11H2,1-5H3,(H,16,17,18). The Morgan fingerprint density at radius 3 is 2.55 bits per heavy atom. The van der Waals surface area contributed by atoms with Gasteiger partial charge in [-0.25, -0.2) is 9.97 Å². The lowest BCUT2D eigenvalue weighted by molar-refractivity contribution is 0.128. The van der Waals surface area contributed by atoms with E-state index in [9.17, 15) is 0 Å². The maximum atomic E-state index is 5.44. The first kappa shape index (κ1) is 16.7. The molecule has 1 N–H and O–H groups in total. The Balaban J connectivity index is 3.05. The van der Waals surface area contributed by atoms with Gasteiger partial charge in [-0.1, -0.05) is 6.92 Å². The third kappa shape index (κ3) is 4.63. The minimum absolute atomic E-state index is 0.459. The summed E-state index contributed by atoms with van der Waals surface area (Å²) in [6, 6.07) is 2.48. The van der Waals surface area contributed by atoms with Crippen LogP contribution < -0.4 is 10.2 Å². The quantitative estimate of drug-likeness (QED) is 0.753. The number of anilines is 2. The summed E-state index contributed by atoms with van der Waals surface area (Å²) in [7, 11) is 0. The number of hydrogen-bond donors (Lipinski definition) is 1. The molecule has 1 aromatic rings. The molecule has 1 rings (SSSR count). The molecule has 0 aliphatic heterocycles. The van der Waals surface area contributed by atoms with E-state index >= 15 is 0 Å². The number of nitrogens with one attached hydrogen (secondary N) is 1. The zero-order valence-electron chi connectivity index (χ0n) is 13.4. The Morgan fingerprint density at radius 1 is 1.25 bits per heavy atom. The van der Waals surface area contributed by atoms with Crippen molar-refractivity contribution < 1.29 is 4.74 Å². The Kier molecular flexibility index (Phi) is 7.30. The van der Waals surface area contributed by atoms with E-state index in [0.717, 1.165) is 37.0 Å². The molecule has 5 heteroatoms. The van der Waals surface area contributed by atoms with Gasteiger partial charge >= 0.3 is 0 Å². The van der Waals surface area contributed by atoms with Crippen LogP contribution >= 0.6 is 0 Å². The molecule has 0 bridgehead atoms. The summed E-state index contributed by atoms with van der Waals surface area (Å²) >= 11 is 0. The molecule has 0 aliphatic rings. The van der Waals surface area contributed by atoms with E-state index in [1.807, 2.05) is 13.0 Å². The predicted molar refractivity (Wildman–Crippen MR) is 84.3 cm³/mol. The van der Waals surface area contributed by atoms with Crippen molar-refractivity contribution in [2.24, 2.45) is 0 Å². The van der Waals surface area contributed by atoms with Crippen molar-refractivity contribution in [3.63, 3.8) is 0 Å². The van der Waals surface area contributed by atoms with E-state index in [0.29, 0.717) is 19.3 Å². The second-order valence-electron chi connectivity index (χ2n) is 4.74. The van der Waals surface area contributed by atoms with Crippen LogP contribution in [0.1, 0.15) is 46.9 Å². The van der Waals surface area contributed by atoms with Gasteiger partial charge in [0.25, 0.3) is 0 Å². The Morgan fingerprint density at radius 2 is 2.00 bits per heavy atom. The average molecular weight is 280 g/mol. The summed E-state index contributed by atoms with van der Waals surface area (Å²) in [5, 5.41) is 3.27. The van der Waals surface area contributed by atoms with Gasteiger partial charge in [0, 0.05) is 31.8 Å². The van der Waals surface area contributed by atoms with Gasteiger partial charge in [0.2, 0.25) is 0 Å². The number of nitrogens with zero attached hydrogens (tertiary/aromatic N) is 3. The molecule has 1 aromatic heterocycles. The second-order valence-corrected chi connectivity index (χ2v) is 4.74. The first-order valence-corrected chi connectivity index (χ1v) is 7.62. The van der Waals surface area contributed by atoms with Gasteiger partial charge in [-0.05, 0) is 34.1 Å². The van der Waals surface area contributed by atoms with Crippen molar-refractivity contribution in [3.05, 3.63) is 11.9 Å². The molecule has 0 aromatic carbocycles. The monoisotopic (exact) mass is 280 g/mol. The first-order valence-electron chi connectivity index (χ1n) is 7.62. The second kappa shape index (κ2) is 8.74. The van der Waals surface area contributed by atoms with Crippen LogP contribution in [0.3, 0.4) is 0 Å². The van der Waals surface area contributed by atoms with Gasteiger partial charge in [-0.15, -0.1) is 0 Å². The fraction of sp³-hybridized carbons (Fsp3) is 0.733. The number of rotatable bonds is 9. The third-order valence-corrected chi connectivity index (χ3v) is 3.31. The maximum absolute atomic E-state index is 5.44. The van der Waals surface area contributed by atoms with E-state index in [4.69, 9.17) is 4.74 Å². The van der Waals surface area contributed by atoms with E-state index in [2.05, 4.69) is 47.9 Å². The summed E-state index contributed by atoms with van der Waals surface area (Å²) < 4.78 is 5.44. The summed E-state index contributed by atoms with van der Waals surface area (Å²) in [4.78, 5) is 11.4. The zero-order valence-corrected chi connectivity index (χ0v) is 13.4. The zero-order chi connectivity index (χ0) is 15.0. The average Bonchev–Trinajstić information content (AvgIpc) is 2.46. The molecule has 0 amide bonds. The molecular formula is C15H28N4O. The maximum Gasteiger partial charge on any atom is 0.158 e. The normalized spacial score (nSPS) is 12.2. The highest BCUT2D eigenvalue weighted by molar-refractivity contribution is 5.50. The van der Waals surface area contributed by atoms with Crippen LogP contribution in [0, 0.1) is 0 Å². The minimum atomic E-state index is 0.459. The van der Waals surface area contributed by atoms with Crippen LogP contribution in [0.2, 0.25) is 0 Å². The summed E-state index contributed by atoms with van der Waals surface area (Å²) in [6.07, 6.45) is 1.09. The van der Waals surface area contributed by atoms with E-state index in [-0.39, 0.29) is 0 Å². The summed E-state index contributed by atoms with van der Waals surface area (Å²) in [5.41, 5.74) is 0. The summed E-state index contributed by atoms with van der Waals surface area (Å²) in [5.74, 6) is 2.58. The third-order valence-electron chi connectivity index (χ3n) is 3.31. The molecule has 5 nitrogen and oxygen atoms in total. The first-order chi connectivity index (χ1) is 9.65. The Labute approximate surface area is 122 Å². The van der Waals surface area contributed by atoms with E-state index < -0.39 is 0 Å². The van der Waals surface area contributed by atoms with Crippen molar-refractivity contribution in [1.29, 1.82) is 0 Å². The molecule has 1 heterocycles. The molecule has 1 unspecified atom stereocenters. The highest BCUT2D eigenvalue weighted by Gasteiger charge is 2.15. The van der Waals surface area contributed by atoms with Crippen LogP contribution in [0.15, 0.2) is 6.07 Å². The predicted octanol–water partition coefficient (Wildman–Crippen LogP) is 3.07. The van der Waals surface area contributed by atoms with Gasteiger partial charge in [0.15, 0.2) is 5.82 Å². The molecular weight excluding hydrogens is 252 g/mol.